The van der Waals surface area contributed by atoms with E-state index in [0.29, 0.717) is 6.54 Å². The lowest BCUT2D eigenvalue weighted by atomic mass is 10.3. The van der Waals surface area contributed by atoms with Gasteiger partial charge in [0.25, 0.3) is 0 Å². The first-order chi connectivity index (χ1) is 8.90. The highest BCUT2D eigenvalue weighted by atomic mass is 19.3. The van der Waals surface area contributed by atoms with Crippen LogP contribution in [0.3, 0.4) is 0 Å². The van der Waals surface area contributed by atoms with Gasteiger partial charge < -0.3 is 9.84 Å². The van der Waals surface area contributed by atoms with E-state index in [1.165, 1.54) is 12.4 Å². The van der Waals surface area contributed by atoms with Crippen molar-refractivity contribution in [2.75, 3.05) is 20.2 Å². The number of halogens is 2. The van der Waals surface area contributed by atoms with Gasteiger partial charge in [-0.15, -0.1) is 0 Å². The van der Waals surface area contributed by atoms with Crippen LogP contribution in [0.25, 0.3) is 0 Å². The lowest BCUT2D eigenvalue weighted by Crippen LogP contribution is -2.33. The molecule has 0 saturated heterocycles. The molecule has 1 heterocycles. The van der Waals surface area contributed by atoms with Gasteiger partial charge in [-0.25, -0.2) is 4.98 Å². The molecule has 5 nitrogen and oxygen atoms in total. The maximum Gasteiger partial charge on any atom is 0.319 e. The maximum atomic E-state index is 12.6. The van der Waals surface area contributed by atoms with Gasteiger partial charge in [0.1, 0.15) is 5.82 Å². The molecule has 0 fully saturated rings. The highest BCUT2D eigenvalue weighted by molar-refractivity contribution is 4.92. The first-order valence-electron chi connectivity index (χ1n) is 6.18. The average Bonchev–Trinajstić information content (AvgIpc) is 2.74. The van der Waals surface area contributed by atoms with Gasteiger partial charge in [-0.05, 0) is 20.9 Å². The molecule has 0 radical (unpaired) electrons. The zero-order valence-electron chi connectivity index (χ0n) is 11.5. The predicted molar refractivity (Wildman–Crippen MR) is 66.9 cm³/mol. The fourth-order valence-electron chi connectivity index (χ4n) is 1.67. The molecule has 1 unspecified atom stereocenters. The highest BCUT2D eigenvalue weighted by Gasteiger charge is 2.15. The summed E-state index contributed by atoms with van der Waals surface area (Å²) in [5, 5.41) is 9.73. The normalized spacial score (nSPS) is 13.7. The molecule has 1 atom stereocenters. The second-order valence-corrected chi connectivity index (χ2v) is 4.76. The summed E-state index contributed by atoms with van der Waals surface area (Å²) >= 11 is 0. The Balaban J connectivity index is 2.42. The lowest BCUT2D eigenvalue weighted by Gasteiger charge is -2.21. The third kappa shape index (κ3) is 5.63. The monoisotopic (exact) mass is 277 g/mol. The fourth-order valence-corrected chi connectivity index (χ4v) is 1.67. The second kappa shape index (κ2) is 7.52. The van der Waals surface area contributed by atoms with Gasteiger partial charge in [0.2, 0.25) is 0 Å². The summed E-state index contributed by atoms with van der Waals surface area (Å²) < 4.78 is 31.3. The van der Waals surface area contributed by atoms with Gasteiger partial charge in [0, 0.05) is 18.9 Å². The molecule has 0 bridgehead atoms. The molecule has 1 N–H and O–H groups in total. The number of alkyl halides is 2. The molecule has 1 aromatic rings. The molecule has 0 aromatic carbocycles. The molecule has 110 valence electrons. The van der Waals surface area contributed by atoms with Crippen molar-refractivity contribution in [1.29, 1.82) is 0 Å². The minimum Gasteiger partial charge on any atom is -0.389 e. The van der Waals surface area contributed by atoms with Crippen LogP contribution in [0.4, 0.5) is 8.78 Å². The van der Waals surface area contributed by atoms with Gasteiger partial charge in [-0.2, -0.15) is 8.78 Å². The first-order valence-corrected chi connectivity index (χ1v) is 6.18. The Morgan fingerprint density at radius 2 is 2.16 bits per heavy atom. The molecule has 1 rings (SSSR count). The molecule has 7 heteroatoms. The van der Waals surface area contributed by atoms with E-state index >= 15 is 0 Å². The Morgan fingerprint density at radius 3 is 2.74 bits per heavy atom. The first kappa shape index (κ1) is 16.0. The summed E-state index contributed by atoms with van der Waals surface area (Å²) in [6.07, 6.45) is 1.99. The third-order valence-corrected chi connectivity index (χ3v) is 2.51. The summed E-state index contributed by atoms with van der Waals surface area (Å²) in [4.78, 5) is 5.62. The van der Waals surface area contributed by atoms with Crippen molar-refractivity contribution >= 4 is 0 Å². The van der Waals surface area contributed by atoms with Crippen molar-refractivity contribution in [2.24, 2.45) is 0 Å². The minimum atomic E-state index is -2.60. The van der Waals surface area contributed by atoms with E-state index in [0.717, 1.165) is 4.57 Å². The number of ether oxygens (including phenoxy) is 1. The highest BCUT2D eigenvalue weighted by Crippen LogP contribution is 2.13. The zero-order valence-corrected chi connectivity index (χ0v) is 11.5. The van der Waals surface area contributed by atoms with Gasteiger partial charge >= 0.3 is 6.55 Å². The quantitative estimate of drug-likeness (QED) is 0.782. The number of hydrogen-bond donors (Lipinski definition) is 1. The van der Waals surface area contributed by atoms with Crippen molar-refractivity contribution in [3.63, 3.8) is 0 Å². The molecular formula is C12H21F2N3O2. The number of rotatable bonds is 8. The topological polar surface area (TPSA) is 50.5 Å². The minimum absolute atomic E-state index is 0.0534. The van der Waals surface area contributed by atoms with E-state index in [1.54, 1.807) is 11.9 Å². The number of imidazole rings is 1. The summed E-state index contributed by atoms with van der Waals surface area (Å²) in [6, 6.07) is 0. The Bertz CT molecular complexity index is 372. The number of hydrogen-bond acceptors (Lipinski definition) is 4. The SMILES string of the molecule is CC(C)OCC(O)CN(C)Cc1nccn1C(F)F. The zero-order chi connectivity index (χ0) is 14.4. The Hall–Kier alpha value is -1.05. The maximum absolute atomic E-state index is 12.6. The molecule has 19 heavy (non-hydrogen) atoms. The third-order valence-electron chi connectivity index (χ3n) is 2.51. The molecule has 0 saturated carbocycles. The average molecular weight is 277 g/mol. The van der Waals surface area contributed by atoms with Crippen LogP contribution in [0.5, 0.6) is 0 Å². The summed E-state index contributed by atoms with van der Waals surface area (Å²) in [5.74, 6) is 0.273. The van der Waals surface area contributed by atoms with E-state index in [2.05, 4.69) is 4.98 Å². The molecule has 0 aliphatic rings. The van der Waals surface area contributed by atoms with Crippen LogP contribution in [-0.2, 0) is 11.3 Å². The molecule has 0 aliphatic heterocycles. The van der Waals surface area contributed by atoms with Gasteiger partial charge in [-0.3, -0.25) is 9.47 Å². The predicted octanol–water partition coefficient (Wildman–Crippen LogP) is 1.50. The Morgan fingerprint density at radius 1 is 1.47 bits per heavy atom. The molecule has 0 amide bonds. The lowest BCUT2D eigenvalue weighted by molar-refractivity contribution is -0.00724. The van der Waals surface area contributed by atoms with E-state index < -0.39 is 12.7 Å². The van der Waals surface area contributed by atoms with Crippen LogP contribution in [0, 0.1) is 0 Å². The van der Waals surface area contributed by atoms with Crippen molar-refractivity contribution in [2.45, 2.75) is 39.1 Å². The molecular weight excluding hydrogens is 256 g/mol. The Labute approximate surface area is 111 Å². The van der Waals surface area contributed by atoms with E-state index in [9.17, 15) is 13.9 Å². The van der Waals surface area contributed by atoms with Crippen LogP contribution in [0.1, 0.15) is 26.2 Å². The van der Waals surface area contributed by atoms with Crippen molar-refractivity contribution < 1.29 is 18.6 Å². The molecule has 1 aromatic heterocycles. The Kier molecular flexibility index (Phi) is 6.33. The van der Waals surface area contributed by atoms with Crippen LogP contribution in [0.15, 0.2) is 12.4 Å². The second-order valence-electron chi connectivity index (χ2n) is 4.76. The summed E-state index contributed by atoms with van der Waals surface area (Å²) in [7, 11) is 1.74. The summed E-state index contributed by atoms with van der Waals surface area (Å²) in [5.41, 5.74) is 0. The van der Waals surface area contributed by atoms with E-state index in [-0.39, 0.29) is 25.1 Å². The smallest absolute Gasteiger partial charge is 0.319 e. The number of nitrogens with zero attached hydrogens (tertiary/aromatic N) is 3. The summed E-state index contributed by atoms with van der Waals surface area (Å²) in [6.45, 7) is 1.98. The standard InChI is InChI=1S/C12H21F2N3O2/c1-9(2)19-8-10(18)6-16(3)7-11-15-4-5-17(11)12(13)14/h4-5,9-10,12,18H,6-8H2,1-3H3. The van der Waals surface area contributed by atoms with Gasteiger partial charge in [0.05, 0.1) is 25.4 Å². The van der Waals surface area contributed by atoms with Crippen molar-refractivity contribution in [1.82, 2.24) is 14.5 Å². The van der Waals surface area contributed by atoms with Crippen molar-refractivity contribution in [3.05, 3.63) is 18.2 Å². The van der Waals surface area contributed by atoms with Crippen LogP contribution in [0.2, 0.25) is 0 Å². The largest absolute Gasteiger partial charge is 0.389 e. The number of aromatic nitrogens is 2. The van der Waals surface area contributed by atoms with Gasteiger partial charge in [-0.1, -0.05) is 0 Å². The fraction of sp³-hybridized carbons (Fsp3) is 0.750. The van der Waals surface area contributed by atoms with E-state index in [4.69, 9.17) is 4.74 Å². The molecule has 0 aliphatic carbocycles. The number of likely N-dealkylation sites (N-methyl/N-ethyl adjacent to an activating group) is 1. The van der Waals surface area contributed by atoms with Crippen LogP contribution in [-0.4, -0.2) is 52.0 Å². The van der Waals surface area contributed by atoms with E-state index in [1.807, 2.05) is 13.8 Å². The van der Waals surface area contributed by atoms with Crippen LogP contribution >= 0.6 is 0 Å². The number of aliphatic hydroxyl groups is 1. The number of aliphatic hydroxyl groups excluding tert-OH is 1. The van der Waals surface area contributed by atoms with Crippen LogP contribution < -0.4 is 0 Å². The van der Waals surface area contributed by atoms with Crippen molar-refractivity contribution in [3.8, 4) is 0 Å². The molecule has 0 spiro atoms. The van der Waals surface area contributed by atoms with Gasteiger partial charge in [0.15, 0.2) is 0 Å².